The molecule has 0 amide bonds. The summed E-state index contributed by atoms with van der Waals surface area (Å²) >= 11 is 3.57. The van der Waals surface area contributed by atoms with Crippen molar-refractivity contribution in [2.45, 2.75) is 0 Å². The molecule has 2 aromatic heterocycles. The van der Waals surface area contributed by atoms with Crippen LogP contribution in [-0.4, -0.2) is 16.8 Å². The molecule has 5 heteroatoms. The number of nitrogens with zero attached hydrogens (tertiary/aromatic N) is 1. The minimum atomic E-state index is -0.102. The highest BCUT2D eigenvalue weighted by molar-refractivity contribution is 14.1. The Morgan fingerprint density at radius 2 is 2.11 bits per heavy atom. The lowest BCUT2D eigenvalue weighted by Crippen LogP contribution is -2.08. The van der Waals surface area contributed by atoms with E-state index in [2.05, 4.69) is 22.6 Å². The molecule has 3 aromatic rings. The van der Waals surface area contributed by atoms with Gasteiger partial charge in [-0.2, -0.15) is 0 Å². The lowest BCUT2D eigenvalue weighted by molar-refractivity contribution is 0.0969. The van der Waals surface area contributed by atoms with Crippen LogP contribution in [0.5, 0.6) is 0 Å². The zero-order valence-electron chi connectivity index (χ0n) is 9.67. The summed E-state index contributed by atoms with van der Waals surface area (Å²) in [7, 11) is 0. The van der Waals surface area contributed by atoms with Crippen molar-refractivity contribution in [2.75, 3.05) is 0 Å². The summed E-state index contributed by atoms with van der Waals surface area (Å²) in [6, 6.07) is 9.30. The van der Waals surface area contributed by atoms with Gasteiger partial charge in [-0.15, -0.1) is 11.3 Å². The fourth-order valence-electron chi connectivity index (χ4n) is 2.05. The average Bonchev–Trinajstić information content (AvgIpc) is 3.06. The number of rotatable bonds is 2. The van der Waals surface area contributed by atoms with Gasteiger partial charge in [-0.3, -0.25) is 14.2 Å². The molecular formula is C14H8INO2S. The first-order valence-electron chi connectivity index (χ1n) is 5.55. The van der Waals surface area contributed by atoms with Crippen molar-refractivity contribution in [3.8, 4) is 0 Å². The van der Waals surface area contributed by atoms with Gasteiger partial charge in [0.15, 0.2) is 6.29 Å². The number of carbonyl (C=O) groups is 2. The molecule has 1 aromatic carbocycles. The minimum Gasteiger partial charge on any atom is -0.298 e. The van der Waals surface area contributed by atoms with E-state index in [4.69, 9.17) is 0 Å². The Hall–Kier alpha value is -1.47. The van der Waals surface area contributed by atoms with E-state index in [1.165, 1.54) is 11.3 Å². The quantitative estimate of drug-likeness (QED) is 0.500. The maximum absolute atomic E-state index is 12.4. The predicted molar refractivity (Wildman–Crippen MR) is 84.1 cm³/mol. The highest BCUT2D eigenvalue weighted by Gasteiger charge is 2.16. The number of aldehydes is 1. The molecule has 0 saturated carbocycles. The number of halogens is 1. The Labute approximate surface area is 127 Å². The van der Waals surface area contributed by atoms with Gasteiger partial charge in [-0.1, -0.05) is 12.1 Å². The van der Waals surface area contributed by atoms with Gasteiger partial charge in [-0.05, 0) is 46.2 Å². The molecule has 94 valence electrons. The Morgan fingerprint density at radius 1 is 1.26 bits per heavy atom. The SMILES string of the molecule is O=Cc1cn(C(=O)c2cccs2)c2cccc(I)c12. The molecule has 0 aliphatic heterocycles. The Bertz CT molecular complexity index is 774. The van der Waals surface area contributed by atoms with Crippen LogP contribution in [0.4, 0.5) is 0 Å². The summed E-state index contributed by atoms with van der Waals surface area (Å²) in [5.74, 6) is -0.102. The summed E-state index contributed by atoms with van der Waals surface area (Å²) in [5, 5.41) is 2.70. The molecule has 0 spiro atoms. The largest absolute Gasteiger partial charge is 0.298 e. The second kappa shape index (κ2) is 4.90. The highest BCUT2D eigenvalue weighted by Crippen LogP contribution is 2.26. The number of benzene rings is 1. The molecule has 0 aliphatic rings. The first kappa shape index (κ1) is 12.6. The van der Waals surface area contributed by atoms with E-state index in [1.54, 1.807) is 16.8 Å². The van der Waals surface area contributed by atoms with Crippen LogP contribution in [0.3, 0.4) is 0 Å². The normalized spacial score (nSPS) is 10.8. The van der Waals surface area contributed by atoms with Crippen LogP contribution in [0, 0.1) is 3.57 Å². The molecule has 0 atom stereocenters. The maximum atomic E-state index is 12.4. The van der Waals surface area contributed by atoms with Gasteiger partial charge in [-0.25, -0.2) is 0 Å². The van der Waals surface area contributed by atoms with E-state index < -0.39 is 0 Å². The van der Waals surface area contributed by atoms with E-state index in [0.29, 0.717) is 10.4 Å². The number of hydrogen-bond donors (Lipinski definition) is 0. The van der Waals surface area contributed by atoms with Gasteiger partial charge >= 0.3 is 0 Å². The molecule has 0 bridgehead atoms. The molecule has 0 radical (unpaired) electrons. The van der Waals surface area contributed by atoms with Gasteiger partial charge in [0.1, 0.15) is 0 Å². The fraction of sp³-hybridized carbons (Fsp3) is 0. The zero-order chi connectivity index (χ0) is 13.4. The monoisotopic (exact) mass is 381 g/mol. The van der Waals surface area contributed by atoms with Gasteiger partial charge in [0.2, 0.25) is 0 Å². The molecule has 0 fully saturated rings. The summed E-state index contributed by atoms with van der Waals surface area (Å²) in [4.78, 5) is 24.2. The molecule has 3 rings (SSSR count). The van der Waals surface area contributed by atoms with Crippen LogP contribution in [0.1, 0.15) is 20.0 Å². The lowest BCUT2D eigenvalue weighted by Gasteiger charge is -2.02. The molecule has 3 nitrogen and oxygen atoms in total. The van der Waals surface area contributed by atoms with E-state index in [1.807, 2.05) is 29.6 Å². The van der Waals surface area contributed by atoms with E-state index in [0.717, 1.165) is 20.8 Å². The van der Waals surface area contributed by atoms with E-state index in [9.17, 15) is 9.59 Å². The number of carbonyl (C=O) groups excluding carboxylic acids is 2. The summed E-state index contributed by atoms with van der Waals surface area (Å²) < 4.78 is 2.52. The third-order valence-corrected chi connectivity index (χ3v) is 4.64. The molecular weight excluding hydrogens is 373 g/mol. The first-order chi connectivity index (χ1) is 9.22. The van der Waals surface area contributed by atoms with Crippen LogP contribution >= 0.6 is 33.9 Å². The van der Waals surface area contributed by atoms with E-state index in [-0.39, 0.29) is 5.91 Å². The van der Waals surface area contributed by atoms with E-state index >= 15 is 0 Å². The maximum Gasteiger partial charge on any atom is 0.272 e. The van der Waals surface area contributed by atoms with Crippen molar-refractivity contribution >= 4 is 57.0 Å². The molecule has 2 heterocycles. The van der Waals surface area contributed by atoms with Crippen LogP contribution in [0.25, 0.3) is 10.9 Å². The standard InChI is InChI=1S/C14H8INO2S/c15-10-3-1-4-11-13(10)9(8-17)7-16(11)14(18)12-5-2-6-19-12/h1-8H. The number of aromatic nitrogens is 1. The average molecular weight is 381 g/mol. The highest BCUT2D eigenvalue weighted by atomic mass is 127. The van der Waals surface area contributed by atoms with Gasteiger partial charge in [0.25, 0.3) is 5.91 Å². The minimum absolute atomic E-state index is 0.102. The van der Waals surface area contributed by atoms with Gasteiger partial charge in [0, 0.05) is 20.7 Å². The predicted octanol–water partition coefficient (Wildman–Crippen LogP) is 3.81. The van der Waals surface area contributed by atoms with Crippen molar-refractivity contribution in [1.82, 2.24) is 4.57 Å². The van der Waals surface area contributed by atoms with Crippen LogP contribution in [-0.2, 0) is 0 Å². The van der Waals surface area contributed by atoms with Crippen molar-refractivity contribution in [3.05, 3.63) is 55.9 Å². The topological polar surface area (TPSA) is 39.1 Å². The summed E-state index contributed by atoms with van der Waals surface area (Å²) in [5.41, 5.74) is 1.32. The second-order valence-corrected chi connectivity index (χ2v) is 6.10. The molecule has 0 saturated heterocycles. The Kier molecular flexibility index (Phi) is 3.24. The summed E-state index contributed by atoms with van der Waals surface area (Å²) in [6.07, 6.45) is 2.41. The number of fused-ring (bicyclic) bond motifs is 1. The van der Waals surface area contributed by atoms with Gasteiger partial charge in [0.05, 0.1) is 10.4 Å². The Balaban J connectivity index is 2.28. The first-order valence-corrected chi connectivity index (χ1v) is 7.51. The van der Waals surface area contributed by atoms with Crippen LogP contribution in [0.15, 0.2) is 41.9 Å². The third kappa shape index (κ3) is 2.02. The van der Waals surface area contributed by atoms with Crippen LogP contribution in [0.2, 0.25) is 0 Å². The zero-order valence-corrected chi connectivity index (χ0v) is 12.6. The Morgan fingerprint density at radius 3 is 2.79 bits per heavy atom. The van der Waals surface area contributed by atoms with Crippen molar-refractivity contribution < 1.29 is 9.59 Å². The lowest BCUT2D eigenvalue weighted by atomic mass is 10.2. The molecule has 19 heavy (non-hydrogen) atoms. The summed E-state index contributed by atoms with van der Waals surface area (Å²) in [6.45, 7) is 0. The second-order valence-electron chi connectivity index (χ2n) is 3.99. The van der Waals surface area contributed by atoms with Crippen molar-refractivity contribution in [2.24, 2.45) is 0 Å². The molecule has 0 unspecified atom stereocenters. The van der Waals surface area contributed by atoms with Crippen molar-refractivity contribution in [3.63, 3.8) is 0 Å². The fourth-order valence-corrected chi connectivity index (χ4v) is 3.50. The molecule has 0 N–H and O–H groups in total. The molecule has 0 aliphatic carbocycles. The third-order valence-electron chi connectivity index (χ3n) is 2.89. The van der Waals surface area contributed by atoms with Crippen molar-refractivity contribution in [1.29, 1.82) is 0 Å². The van der Waals surface area contributed by atoms with Gasteiger partial charge < -0.3 is 0 Å². The smallest absolute Gasteiger partial charge is 0.272 e. The number of thiophene rings is 1. The van der Waals surface area contributed by atoms with Crippen LogP contribution < -0.4 is 0 Å². The number of hydrogen-bond acceptors (Lipinski definition) is 3.